The van der Waals surface area contributed by atoms with Gasteiger partial charge in [0.25, 0.3) is 5.91 Å². The van der Waals surface area contributed by atoms with Gasteiger partial charge in [-0.05, 0) is 0 Å². The maximum atomic E-state index is 11.1. The smallest absolute Gasteiger partial charge is 0.251 e. The van der Waals surface area contributed by atoms with Crippen LogP contribution in [0.25, 0.3) is 5.65 Å². The molecule has 0 aromatic carbocycles. The second-order valence-electron chi connectivity index (χ2n) is 4.25. The van der Waals surface area contributed by atoms with Gasteiger partial charge in [0, 0.05) is 44.6 Å². The summed E-state index contributed by atoms with van der Waals surface area (Å²) in [6, 6.07) is 1.91. The summed E-state index contributed by atoms with van der Waals surface area (Å²) in [4.78, 5) is 17.4. The SMILES string of the molecule is NC(=O)c1cnc2cc(N3CCNCC3)nn2c1. The molecular formula is C11H14N6O. The molecule has 2 aromatic rings. The lowest BCUT2D eigenvalue weighted by atomic mass is 10.3. The van der Waals surface area contributed by atoms with Gasteiger partial charge in [-0.25, -0.2) is 9.50 Å². The van der Waals surface area contributed by atoms with Crippen molar-refractivity contribution in [3.8, 4) is 0 Å². The van der Waals surface area contributed by atoms with E-state index in [2.05, 4.69) is 20.3 Å². The van der Waals surface area contributed by atoms with Crippen LogP contribution in [0.5, 0.6) is 0 Å². The van der Waals surface area contributed by atoms with E-state index in [0.717, 1.165) is 32.0 Å². The molecule has 0 aliphatic carbocycles. The van der Waals surface area contributed by atoms with E-state index < -0.39 is 5.91 Å². The van der Waals surface area contributed by atoms with Crippen LogP contribution < -0.4 is 16.0 Å². The number of hydrogen-bond donors (Lipinski definition) is 2. The normalized spacial score (nSPS) is 16.1. The summed E-state index contributed by atoms with van der Waals surface area (Å²) in [6.07, 6.45) is 3.08. The second-order valence-corrected chi connectivity index (χ2v) is 4.25. The highest BCUT2D eigenvalue weighted by molar-refractivity contribution is 5.92. The molecule has 0 unspecified atom stereocenters. The van der Waals surface area contributed by atoms with Gasteiger partial charge < -0.3 is 16.0 Å². The Balaban J connectivity index is 1.97. The highest BCUT2D eigenvalue weighted by Gasteiger charge is 2.14. The molecule has 1 amide bonds. The second kappa shape index (κ2) is 4.26. The van der Waals surface area contributed by atoms with Crippen LogP contribution in [0.1, 0.15) is 10.4 Å². The maximum Gasteiger partial charge on any atom is 0.251 e. The zero-order valence-corrected chi connectivity index (χ0v) is 9.83. The minimum atomic E-state index is -0.497. The summed E-state index contributed by atoms with van der Waals surface area (Å²) in [5.41, 5.74) is 6.29. The lowest BCUT2D eigenvalue weighted by molar-refractivity contribution is 0.0999. The van der Waals surface area contributed by atoms with Gasteiger partial charge in [0.1, 0.15) is 0 Å². The minimum absolute atomic E-state index is 0.359. The number of carbonyl (C=O) groups excluding carboxylic acids is 1. The molecule has 7 nitrogen and oxygen atoms in total. The fraction of sp³-hybridized carbons (Fsp3) is 0.364. The number of nitrogens with two attached hydrogens (primary N) is 1. The molecule has 3 N–H and O–H groups in total. The summed E-state index contributed by atoms with van der Waals surface area (Å²) in [5, 5.41) is 7.71. The third-order valence-electron chi connectivity index (χ3n) is 3.03. The van der Waals surface area contributed by atoms with Crippen LogP contribution in [0, 0.1) is 0 Å². The number of anilines is 1. The number of primary amides is 1. The third-order valence-corrected chi connectivity index (χ3v) is 3.03. The Hall–Kier alpha value is -2.15. The van der Waals surface area contributed by atoms with Gasteiger partial charge in [0.15, 0.2) is 11.5 Å². The molecule has 3 rings (SSSR count). The highest BCUT2D eigenvalue weighted by Crippen LogP contribution is 2.15. The first kappa shape index (κ1) is 11.0. The zero-order chi connectivity index (χ0) is 12.5. The summed E-state index contributed by atoms with van der Waals surface area (Å²) >= 11 is 0. The van der Waals surface area contributed by atoms with Crippen molar-refractivity contribution in [2.24, 2.45) is 5.73 Å². The van der Waals surface area contributed by atoms with Crippen molar-refractivity contribution in [1.29, 1.82) is 0 Å². The monoisotopic (exact) mass is 246 g/mol. The first-order valence-electron chi connectivity index (χ1n) is 5.85. The van der Waals surface area contributed by atoms with E-state index in [1.54, 1.807) is 10.7 Å². The highest BCUT2D eigenvalue weighted by atomic mass is 16.1. The Morgan fingerprint density at radius 1 is 1.39 bits per heavy atom. The van der Waals surface area contributed by atoms with Crippen molar-refractivity contribution in [2.45, 2.75) is 0 Å². The number of nitrogens with one attached hydrogen (secondary N) is 1. The molecule has 94 valence electrons. The Morgan fingerprint density at radius 2 is 2.17 bits per heavy atom. The Morgan fingerprint density at radius 3 is 2.89 bits per heavy atom. The molecule has 18 heavy (non-hydrogen) atoms. The number of fused-ring (bicyclic) bond motifs is 1. The van der Waals surface area contributed by atoms with E-state index in [1.807, 2.05) is 6.07 Å². The Kier molecular flexibility index (Phi) is 2.60. The molecule has 0 spiro atoms. The number of carbonyl (C=O) groups is 1. The molecule has 2 aromatic heterocycles. The Labute approximate surface area is 104 Å². The van der Waals surface area contributed by atoms with Crippen LogP contribution in [0.4, 0.5) is 5.82 Å². The van der Waals surface area contributed by atoms with E-state index in [0.29, 0.717) is 11.2 Å². The molecule has 0 bridgehead atoms. The van der Waals surface area contributed by atoms with Crippen molar-refractivity contribution in [3.63, 3.8) is 0 Å². The molecule has 3 heterocycles. The van der Waals surface area contributed by atoms with Crippen LogP contribution >= 0.6 is 0 Å². The largest absolute Gasteiger partial charge is 0.366 e. The molecule has 0 atom stereocenters. The standard InChI is InChI=1S/C11H14N6O/c12-11(18)8-6-14-9-5-10(15-17(9)7-8)16-3-1-13-2-4-16/h5-7,13H,1-4H2,(H2,12,18). The van der Waals surface area contributed by atoms with E-state index >= 15 is 0 Å². The number of aromatic nitrogens is 3. The van der Waals surface area contributed by atoms with E-state index in [1.165, 1.54) is 6.20 Å². The van der Waals surface area contributed by atoms with Gasteiger partial charge >= 0.3 is 0 Å². The van der Waals surface area contributed by atoms with Crippen LogP contribution in [-0.2, 0) is 0 Å². The minimum Gasteiger partial charge on any atom is -0.366 e. The third kappa shape index (κ3) is 1.88. The van der Waals surface area contributed by atoms with Crippen LogP contribution in [0.15, 0.2) is 18.5 Å². The van der Waals surface area contributed by atoms with Crippen LogP contribution in [0.3, 0.4) is 0 Å². The quantitative estimate of drug-likeness (QED) is 0.727. The van der Waals surface area contributed by atoms with Crippen molar-refractivity contribution in [1.82, 2.24) is 19.9 Å². The molecule has 1 aliphatic heterocycles. The molecule has 0 radical (unpaired) electrons. The van der Waals surface area contributed by atoms with Gasteiger partial charge in [-0.15, -0.1) is 5.10 Å². The van der Waals surface area contributed by atoms with Gasteiger partial charge in [0.2, 0.25) is 0 Å². The zero-order valence-electron chi connectivity index (χ0n) is 9.83. The molecule has 7 heteroatoms. The number of amides is 1. The van der Waals surface area contributed by atoms with Gasteiger partial charge in [-0.3, -0.25) is 4.79 Å². The van der Waals surface area contributed by atoms with Crippen LogP contribution in [-0.4, -0.2) is 46.7 Å². The predicted octanol–water partition coefficient (Wildman–Crippen LogP) is -0.762. The first-order chi connectivity index (χ1) is 8.74. The summed E-state index contributed by atoms with van der Waals surface area (Å²) in [7, 11) is 0. The molecule has 1 fully saturated rings. The summed E-state index contributed by atoms with van der Waals surface area (Å²) < 4.78 is 1.59. The fourth-order valence-corrected chi connectivity index (χ4v) is 2.04. The van der Waals surface area contributed by atoms with Crippen molar-refractivity contribution < 1.29 is 4.79 Å². The number of piperazine rings is 1. The maximum absolute atomic E-state index is 11.1. The lowest BCUT2D eigenvalue weighted by Crippen LogP contribution is -2.43. The van der Waals surface area contributed by atoms with Crippen molar-refractivity contribution in [3.05, 3.63) is 24.0 Å². The van der Waals surface area contributed by atoms with Gasteiger partial charge in [0.05, 0.1) is 5.56 Å². The first-order valence-corrected chi connectivity index (χ1v) is 5.85. The Bertz CT molecular complexity index is 586. The van der Waals surface area contributed by atoms with Gasteiger partial charge in [-0.2, -0.15) is 0 Å². The topological polar surface area (TPSA) is 88.5 Å². The van der Waals surface area contributed by atoms with E-state index in [4.69, 9.17) is 5.73 Å². The van der Waals surface area contributed by atoms with Crippen molar-refractivity contribution in [2.75, 3.05) is 31.1 Å². The molecular weight excluding hydrogens is 232 g/mol. The van der Waals surface area contributed by atoms with Crippen molar-refractivity contribution >= 4 is 17.4 Å². The number of rotatable bonds is 2. The van der Waals surface area contributed by atoms with Crippen LogP contribution in [0.2, 0.25) is 0 Å². The van der Waals surface area contributed by atoms with E-state index in [-0.39, 0.29) is 0 Å². The predicted molar refractivity (Wildman–Crippen MR) is 66.6 cm³/mol. The summed E-state index contributed by atoms with van der Waals surface area (Å²) in [6.45, 7) is 3.75. The lowest BCUT2D eigenvalue weighted by Gasteiger charge is -2.26. The fourth-order valence-electron chi connectivity index (χ4n) is 2.04. The molecule has 0 saturated carbocycles. The summed E-state index contributed by atoms with van der Waals surface area (Å²) in [5.74, 6) is 0.384. The molecule has 1 saturated heterocycles. The van der Waals surface area contributed by atoms with E-state index in [9.17, 15) is 4.79 Å². The average molecular weight is 246 g/mol. The number of hydrogen-bond acceptors (Lipinski definition) is 5. The average Bonchev–Trinajstić information content (AvgIpc) is 2.82. The number of nitrogens with zero attached hydrogens (tertiary/aromatic N) is 4. The van der Waals surface area contributed by atoms with Gasteiger partial charge in [-0.1, -0.05) is 0 Å². The molecule has 1 aliphatic rings.